The molecule has 4 nitrogen and oxygen atoms in total. The molecule has 2 aliphatic heterocycles. The third kappa shape index (κ3) is 3.63. The van der Waals surface area contributed by atoms with Crippen molar-refractivity contribution in [3.05, 3.63) is 29.8 Å². The molecule has 0 saturated carbocycles. The molecule has 2 aliphatic rings. The number of piperidine rings is 1. The topological polar surface area (TPSA) is 41.9 Å². The van der Waals surface area contributed by atoms with Crippen molar-refractivity contribution in [3.8, 4) is 0 Å². The lowest BCUT2D eigenvalue weighted by molar-refractivity contribution is 0.00578. The number of rotatable bonds is 3. The SMILES string of the molecule is CC1(C)OB(c2cccc(CN3CCC(O)CC3)c2)OC1(C)C. The molecule has 1 N–H and O–H groups in total. The molecular weight excluding hydrogens is 289 g/mol. The average molecular weight is 317 g/mol. The zero-order chi connectivity index (χ0) is 16.7. The minimum atomic E-state index is -0.309. The second-order valence-electron chi connectivity index (χ2n) is 7.84. The maximum atomic E-state index is 9.62. The molecule has 126 valence electrons. The smallest absolute Gasteiger partial charge is 0.399 e. The van der Waals surface area contributed by atoms with Gasteiger partial charge in [0.1, 0.15) is 0 Å². The molecule has 1 aromatic carbocycles. The van der Waals surface area contributed by atoms with Crippen molar-refractivity contribution in [2.24, 2.45) is 0 Å². The van der Waals surface area contributed by atoms with Crippen LogP contribution in [0.4, 0.5) is 0 Å². The molecule has 23 heavy (non-hydrogen) atoms. The summed E-state index contributed by atoms with van der Waals surface area (Å²) >= 11 is 0. The fourth-order valence-corrected chi connectivity index (χ4v) is 3.15. The van der Waals surface area contributed by atoms with E-state index in [-0.39, 0.29) is 24.4 Å². The first-order chi connectivity index (χ1) is 10.8. The third-order valence-electron chi connectivity index (χ3n) is 5.44. The summed E-state index contributed by atoms with van der Waals surface area (Å²) in [5.41, 5.74) is 1.74. The van der Waals surface area contributed by atoms with Crippen LogP contribution in [0.2, 0.25) is 0 Å². The van der Waals surface area contributed by atoms with Gasteiger partial charge in [-0.3, -0.25) is 4.90 Å². The maximum Gasteiger partial charge on any atom is 0.494 e. The van der Waals surface area contributed by atoms with Crippen molar-refractivity contribution in [2.45, 2.75) is 64.4 Å². The Hall–Kier alpha value is -0.875. The van der Waals surface area contributed by atoms with E-state index >= 15 is 0 Å². The van der Waals surface area contributed by atoms with Crippen LogP contribution in [0, 0.1) is 0 Å². The lowest BCUT2D eigenvalue weighted by atomic mass is 9.78. The highest BCUT2D eigenvalue weighted by atomic mass is 16.7. The number of aliphatic hydroxyl groups excluding tert-OH is 1. The summed E-state index contributed by atoms with van der Waals surface area (Å²) in [7, 11) is -0.303. The molecule has 3 rings (SSSR count). The van der Waals surface area contributed by atoms with Crippen molar-refractivity contribution >= 4 is 12.6 Å². The molecule has 0 radical (unpaired) electrons. The molecule has 2 heterocycles. The van der Waals surface area contributed by atoms with E-state index in [2.05, 4.69) is 56.9 Å². The molecule has 5 heteroatoms. The van der Waals surface area contributed by atoms with Crippen LogP contribution in [0.25, 0.3) is 0 Å². The first-order valence-corrected chi connectivity index (χ1v) is 8.62. The predicted molar refractivity (Wildman–Crippen MR) is 92.7 cm³/mol. The Bertz CT molecular complexity index is 537. The van der Waals surface area contributed by atoms with Gasteiger partial charge in [-0.05, 0) is 51.6 Å². The van der Waals surface area contributed by atoms with Gasteiger partial charge in [-0.1, -0.05) is 24.3 Å². The first-order valence-electron chi connectivity index (χ1n) is 8.62. The van der Waals surface area contributed by atoms with Crippen molar-refractivity contribution in [1.82, 2.24) is 4.90 Å². The zero-order valence-electron chi connectivity index (χ0n) is 14.7. The quantitative estimate of drug-likeness (QED) is 0.865. The van der Waals surface area contributed by atoms with Crippen LogP contribution in [0.1, 0.15) is 46.1 Å². The summed E-state index contributed by atoms with van der Waals surface area (Å²) in [6.07, 6.45) is 1.62. The second-order valence-corrected chi connectivity index (χ2v) is 7.84. The van der Waals surface area contributed by atoms with Crippen molar-refractivity contribution in [1.29, 1.82) is 0 Å². The largest absolute Gasteiger partial charge is 0.494 e. The number of benzene rings is 1. The monoisotopic (exact) mass is 317 g/mol. The van der Waals surface area contributed by atoms with E-state index < -0.39 is 0 Å². The Labute approximate surface area is 139 Å². The van der Waals surface area contributed by atoms with Crippen LogP contribution < -0.4 is 5.46 Å². The van der Waals surface area contributed by atoms with E-state index in [1.54, 1.807) is 0 Å². The van der Waals surface area contributed by atoms with Crippen molar-refractivity contribution < 1.29 is 14.4 Å². The number of hydrogen-bond acceptors (Lipinski definition) is 4. The summed E-state index contributed by atoms with van der Waals surface area (Å²) in [5, 5.41) is 9.62. The van der Waals surface area contributed by atoms with Gasteiger partial charge < -0.3 is 14.4 Å². The summed E-state index contributed by atoms with van der Waals surface area (Å²) < 4.78 is 12.3. The van der Waals surface area contributed by atoms with E-state index in [4.69, 9.17) is 9.31 Å². The summed E-state index contributed by atoms with van der Waals surface area (Å²) in [5.74, 6) is 0. The summed E-state index contributed by atoms with van der Waals surface area (Å²) in [6, 6.07) is 8.49. The molecule has 0 amide bonds. The van der Waals surface area contributed by atoms with E-state index in [1.807, 2.05) is 0 Å². The molecule has 1 aromatic rings. The minimum absolute atomic E-state index is 0.123. The van der Waals surface area contributed by atoms with E-state index in [0.717, 1.165) is 37.9 Å². The molecule has 0 aromatic heterocycles. The minimum Gasteiger partial charge on any atom is -0.399 e. The molecule has 2 fully saturated rings. The Morgan fingerprint density at radius 1 is 1.13 bits per heavy atom. The third-order valence-corrected chi connectivity index (χ3v) is 5.44. The zero-order valence-corrected chi connectivity index (χ0v) is 14.7. The maximum absolute atomic E-state index is 9.62. The van der Waals surface area contributed by atoms with Crippen LogP contribution >= 0.6 is 0 Å². The van der Waals surface area contributed by atoms with Crippen molar-refractivity contribution in [2.75, 3.05) is 13.1 Å². The molecule has 0 spiro atoms. The van der Waals surface area contributed by atoms with Crippen LogP contribution in [-0.2, 0) is 15.9 Å². The fourth-order valence-electron chi connectivity index (χ4n) is 3.15. The highest BCUT2D eigenvalue weighted by molar-refractivity contribution is 6.62. The summed E-state index contributed by atoms with van der Waals surface area (Å²) in [6.45, 7) is 11.2. The van der Waals surface area contributed by atoms with Gasteiger partial charge in [-0.25, -0.2) is 0 Å². The van der Waals surface area contributed by atoms with Crippen LogP contribution in [0.5, 0.6) is 0 Å². The van der Waals surface area contributed by atoms with Gasteiger partial charge in [0.2, 0.25) is 0 Å². The molecular formula is C18H28BNO3. The van der Waals surface area contributed by atoms with Crippen LogP contribution in [0.3, 0.4) is 0 Å². The highest BCUT2D eigenvalue weighted by Gasteiger charge is 2.51. The summed E-state index contributed by atoms with van der Waals surface area (Å²) in [4.78, 5) is 2.40. The first kappa shape index (κ1) is 17.0. The van der Waals surface area contributed by atoms with Gasteiger partial charge in [0.25, 0.3) is 0 Å². The second kappa shape index (κ2) is 6.21. The Balaban J connectivity index is 1.69. The Morgan fingerprint density at radius 2 is 1.74 bits per heavy atom. The van der Waals surface area contributed by atoms with Gasteiger partial charge in [0, 0.05) is 19.6 Å². The molecule has 0 unspecified atom stereocenters. The average Bonchev–Trinajstić information content (AvgIpc) is 2.70. The van der Waals surface area contributed by atoms with E-state index in [0.29, 0.717) is 0 Å². The highest BCUT2D eigenvalue weighted by Crippen LogP contribution is 2.36. The van der Waals surface area contributed by atoms with E-state index in [1.165, 1.54) is 5.56 Å². The number of aliphatic hydroxyl groups is 1. The molecule has 0 bridgehead atoms. The van der Waals surface area contributed by atoms with Gasteiger partial charge in [0.05, 0.1) is 17.3 Å². The Kier molecular flexibility index (Phi) is 4.58. The molecule has 0 atom stereocenters. The van der Waals surface area contributed by atoms with Gasteiger partial charge >= 0.3 is 7.12 Å². The van der Waals surface area contributed by atoms with Gasteiger partial charge in [0.15, 0.2) is 0 Å². The number of likely N-dealkylation sites (tertiary alicyclic amines) is 1. The molecule has 0 aliphatic carbocycles. The fraction of sp³-hybridized carbons (Fsp3) is 0.667. The Morgan fingerprint density at radius 3 is 2.35 bits per heavy atom. The lowest BCUT2D eigenvalue weighted by Crippen LogP contribution is -2.41. The number of nitrogens with zero attached hydrogens (tertiary/aromatic N) is 1. The standard InChI is InChI=1S/C18H28BNO3/c1-17(2)18(3,4)23-19(22-17)15-7-5-6-14(12-15)13-20-10-8-16(21)9-11-20/h5-7,12,16,21H,8-11,13H2,1-4H3. The lowest BCUT2D eigenvalue weighted by Gasteiger charge is -2.32. The van der Waals surface area contributed by atoms with Crippen LogP contribution in [0.15, 0.2) is 24.3 Å². The number of hydrogen-bond donors (Lipinski definition) is 1. The van der Waals surface area contributed by atoms with Gasteiger partial charge in [-0.15, -0.1) is 0 Å². The predicted octanol–water partition coefficient (Wildman–Crippen LogP) is 1.94. The normalized spacial score (nSPS) is 25.0. The van der Waals surface area contributed by atoms with E-state index in [9.17, 15) is 5.11 Å². The van der Waals surface area contributed by atoms with Crippen LogP contribution in [-0.4, -0.2) is 47.5 Å². The molecule has 2 saturated heterocycles. The van der Waals surface area contributed by atoms with Crippen molar-refractivity contribution in [3.63, 3.8) is 0 Å². The van der Waals surface area contributed by atoms with Gasteiger partial charge in [-0.2, -0.15) is 0 Å².